The summed E-state index contributed by atoms with van der Waals surface area (Å²) in [5.41, 5.74) is 3.65. The summed E-state index contributed by atoms with van der Waals surface area (Å²) in [5.74, 6) is 0. The zero-order chi connectivity index (χ0) is 19.1. The van der Waals surface area contributed by atoms with Gasteiger partial charge in [0.25, 0.3) is 0 Å². The van der Waals surface area contributed by atoms with Crippen molar-refractivity contribution in [2.45, 2.75) is 6.04 Å². The normalized spacial score (nSPS) is 16.1. The molecule has 0 unspecified atom stereocenters. The van der Waals surface area contributed by atoms with Gasteiger partial charge in [-0.15, -0.1) is 0 Å². The number of carbonyl (C=O) groups is 1. The number of benzene rings is 2. The van der Waals surface area contributed by atoms with Gasteiger partial charge in [0.1, 0.15) is 6.61 Å². The van der Waals surface area contributed by atoms with Gasteiger partial charge in [-0.25, -0.2) is 9.78 Å². The van der Waals surface area contributed by atoms with E-state index in [0.29, 0.717) is 6.61 Å². The molecule has 3 aromatic rings. The van der Waals surface area contributed by atoms with Crippen LogP contribution in [-0.2, 0) is 9.47 Å². The number of aromatic amines is 1. The van der Waals surface area contributed by atoms with E-state index in [1.54, 1.807) is 18.3 Å². The van der Waals surface area contributed by atoms with Crippen LogP contribution in [0.5, 0.6) is 0 Å². The van der Waals surface area contributed by atoms with Crippen molar-refractivity contribution in [1.82, 2.24) is 15.3 Å². The Morgan fingerprint density at radius 2 is 2.11 bits per heavy atom. The lowest BCUT2D eigenvalue weighted by atomic mass is 10.1. The van der Waals surface area contributed by atoms with Crippen LogP contribution in [0.25, 0.3) is 11.0 Å². The summed E-state index contributed by atoms with van der Waals surface area (Å²) < 4.78 is 9.96. The fraction of sp³-hybridized carbons (Fsp3) is 0.300. The SMILES string of the molecule is CNCCOC.O=C1OC[C@H](c2ccccc2)N1c1ccc2nc[nH]c2c1. The molecule has 1 amide bonds. The van der Waals surface area contributed by atoms with E-state index in [1.165, 1.54) is 0 Å². The molecule has 7 heteroatoms. The highest BCUT2D eigenvalue weighted by molar-refractivity contribution is 5.93. The first-order valence-electron chi connectivity index (χ1n) is 8.82. The summed E-state index contributed by atoms with van der Waals surface area (Å²) in [5, 5.41) is 2.94. The smallest absolute Gasteiger partial charge is 0.415 e. The van der Waals surface area contributed by atoms with Gasteiger partial charge in [0.15, 0.2) is 0 Å². The first-order valence-corrected chi connectivity index (χ1v) is 8.82. The van der Waals surface area contributed by atoms with Crippen LogP contribution in [0.15, 0.2) is 54.9 Å². The number of aromatic nitrogens is 2. The molecule has 0 radical (unpaired) electrons. The van der Waals surface area contributed by atoms with E-state index < -0.39 is 0 Å². The second kappa shape index (κ2) is 9.16. The Labute approximate surface area is 158 Å². The van der Waals surface area contributed by atoms with Crippen LogP contribution < -0.4 is 10.2 Å². The average Bonchev–Trinajstić information content (AvgIpc) is 3.33. The van der Waals surface area contributed by atoms with Crippen LogP contribution in [0.1, 0.15) is 11.6 Å². The molecule has 0 aliphatic carbocycles. The van der Waals surface area contributed by atoms with Crippen molar-refractivity contribution in [3.63, 3.8) is 0 Å². The second-order valence-electron chi connectivity index (χ2n) is 6.07. The van der Waals surface area contributed by atoms with Gasteiger partial charge in [0.05, 0.1) is 35.7 Å². The third-order valence-electron chi connectivity index (χ3n) is 4.30. The third-order valence-corrected chi connectivity index (χ3v) is 4.30. The van der Waals surface area contributed by atoms with Crippen LogP contribution in [-0.4, -0.2) is 50.0 Å². The molecule has 1 fully saturated rings. The molecule has 2 N–H and O–H groups in total. The number of nitrogens with one attached hydrogen (secondary N) is 2. The lowest BCUT2D eigenvalue weighted by Gasteiger charge is -2.21. The topological polar surface area (TPSA) is 79.5 Å². The highest BCUT2D eigenvalue weighted by atomic mass is 16.6. The first kappa shape index (κ1) is 18.9. The number of amides is 1. The van der Waals surface area contributed by atoms with Crippen molar-refractivity contribution >= 4 is 22.8 Å². The maximum Gasteiger partial charge on any atom is 0.415 e. The predicted molar refractivity (Wildman–Crippen MR) is 105 cm³/mol. The molecule has 1 atom stereocenters. The Hall–Kier alpha value is -2.90. The van der Waals surface area contributed by atoms with E-state index in [4.69, 9.17) is 9.47 Å². The number of methoxy groups -OCH3 is 1. The quantitative estimate of drug-likeness (QED) is 0.677. The molecule has 2 heterocycles. The number of fused-ring (bicyclic) bond motifs is 1. The molecule has 2 aromatic carbocycles. The molecule has 1 saturated heterocycles. The summed E-state index contributed by atoms with van der Waals surface area (Å²) in [6, 6.07) is 15.5. The van der Waals surface area contributed by atoms with Gasteiger partial charge in [-0.3, -0.25) is 4.90 Å². The average molecular weight is 368 g/mol. The summed E-state index contributed by atoms with van der Waals surface area (Å²) in [4.78, 5) is 21.1. The minimum Gasteiger partial charge on any atom is -0.447 e. The Balaban J connectivity index is 0.000000307. The lowest BCUT2D eigenvalue weighted by Crippen LogP contribution is -2.27. The van der Waals surface area contributed by atoms with E-state index in [9.17, 15) is 4.79 Å². The number of H-pyrrole nitrogens is 1. The van der Waals surface area contributed by atoms with Gasteiger partial charge in [-0.05, 0) is 30.8 Å². The summed E-state index contributed by atoms with van der Waals surface area (Å²) >= 11 is 0. The Kier molecular flexibility index (Phi) is 6.40. The number of likely N-dealkylation sites (N-methyl/N-ethyl adjacent to an activating group) is 1. The number of ether oxygens (including phenoxy) is 2. The molecular formula is C20H24N4O3. The zero-order valence-electron chi connectivity index (χ0n) is 15.5. The molecular weight excluding hydrogens is 344 g/mol. The molecule has 4 rings (SSSR count). The summed E-state index contributed by atoms with van der Waals surface area (Å²) in [7, 11) is 3.59. The molecule has 0 bridgehead atoms. The summed E-state index contributed by atoms with van der Waals surface area (Å²) in [6.45, 7) is 2.11. The Bertz CT molecular complexity index is 862. The first-order chi connectivity index (χ1) is 13.2. The van der Waals surface area contributed by atoms with Gasteiger partial charge in [0.2, 0.25) is 0 Å². The minimum atomic E-state index is -0.317. The van der Waals surface area contributed by atoms with Crippen LogP contribution in [0, 0.1) is 0 Å². The van der Waals surface area contributed by atoms with Gasteiger partial charge in [-0.2, -0.15) is 0 Å². The number of cyclic esters (lactones) is 1. The van der Waals surface area contributed by atoms with E-state index in [-0.39, 0.29) is 12.1 Å². The number of anilines is 1. The largest absolute Gasteiger partial charge is 0.447 e. The van der Waals surface area contributed by atoms with Crippen molar-refractivity contribution in [3.8, 4) is 0 Å². The van der Waals surface area contributed by atoms with Gasteiger partial charge < -0.3 is 19.8 Å². The molecule has 1 aromatic heterocycles. The van der Waals surface area contributed by atoms with Crippen molar-refractivity contribution in [3.05, 3.63) is 60.4 Å². The zero-order valence-corrected chi connectivity index (χ0v) is 15.5. The van der Waals surface area contributed by atoms with Crippen molar-refractivity contribution in [2.24, 2.45) is 0 Å². The van der Waals surface area contributed by atoms with Crippen LogP contribution in [0.3, 0.4) is 0 Å². The van der Waals surface area contributed by atoms with Crippen LogP contribution in [0.2, 0.25) is 0 Å². The number of carbonyl (C=O) groups excluding carboxylic acids is 1. The lowest BCUT2D eigenvalue weighted by molar-refractivity contribution is 0.179. The molecule has 7 nitrogen and oxygen atoms in total. The highest BCUT2D eigenvalue weighted by Crippen LogP contribution is 2.33. The Morgan fingerprint density at radius 3 is 2.81 bits per heavy atom. The van der Waals surface area contributed by atoms with Crippen LogP contribution in [0.4, 0.5) is 10.5 Å². The van der Waals surface area contributed by atoms with E-state index in [1.807, 2.05) is 55.6 Å². The van der Waals surface area contributed by atoms with Crippen LogP contribution >= 0.6 is 0 Å². The number of rotatable bonds is 5. The third kappa shape index (κ3) is 4.45. The number of imidazole rings is 1. The Morgan fingerprint density at radius 1 is 1.30 bits per heavy atom. The van der Waals surface area contributed by atoms with Crippen molar-refractivity contribution in [1.29, 1.82) is 0 Å². The highest BCUT2D eigenvalue weighted by Gasteiger charge is 2.35. The molecule has 0 saturated carbocycles. The second-order valence-corrected chi connectivity index (χ2v) is 6.07. The number of hydrogen-bond acceptors (Lipinski definition) is 5. The predicted octanol–water partition coefficient (Wildman–Crippen LogP) is 3.11. The van der Waals surface area contributed by atoms with E-state index in [0.717, 1.165) is 35.4 Å². The van der Waals surface area contributed by atoms with Gasteiger partial charge in [-0.1, -0.05) is 30.3 Å². The van der Waals surface area contributed by atoms with Crippen molar-refractivity contribution < 1.29 is 14.3 Å². The number of nitrogens with zero attached hydrogens (tertiary/aromatic N) is 2. The van der Waals surface area contributed by atoms with Crippen molar-refractivity contribution in [2.75, 3.05) is 38.8 Å². The van der Waals surface area contributed by atoms with E-state index >= 15 is 0 Å². The maximum absolute atomic E-state index is 12.1. The fourth-order valence-corrected chi connectivity index (χ4v) is 2.90. The van der Waals surface area contributed by atoms with Gasteiger partial charge >= 0.3 is 6.09 Å². The molecule has 0 spiro atoms. The fourth-order valence-electron chi connectivity index (χ4n) is 2.90. The molecule has 142 valence electrons. The standard InChI is InChI=1S/C16H13N3O2.C4H11NO/c20-16-19(12-6-7-13-14(8-12)18-10-17-13)15(9-21-16)11-4-2-1-3-5-11;1-5-3-4-6-2/h1-8,10,15H,9H2,(H,17,18);5H,3-4H2,1-2H3/t15-;/m1./s1. The van der Waals surface area contributed by atoms with E-state index in [2.05, 4.69) is 15.3 Å². The molecule has 27 heavy (non-hydrogen) atoms. The van der Waals surface area contributed by atoms with Gasteiger partial charge in [0, 0.05) is 13.7 Å². The number of hydrogen-bond donors (Lipinski definition) is 2. The molecule has 1 aliphatic heterocycles. The maximum atomic E-state index is 12.1. The minimum absolute atomic E-state index is 0.0981. The summed E-state index contributed by atoms with van der Waals surface area (Å²) in [6.07, 6.45) is 1.33. The monoisotopic (exact) mass is 368 g/mol. The molecule has 1 aliphatic rings.